The van der Waals surface area contributed by atoms with Gasteiger partial charge in [-0.2, -0.15) is 5.10 Å². The number of aromatic nitrogens is 3. The first-order valence-corrected chi connectivity index (χ1v) is 4.52. The lowest BCUT2D eigenvalue weighted by Gasteiger charge is -2.35. The summed E-state index contributed by atoms with van der Waals surface area (Å²) in [6.45, 7) is 0.885. The van der Waals surface area contributed by atoms with Crippen LogP contribution in [0.1, 0.15) is 0 Å². The molecule has 3 rings (SSSR count). The maximum atomic E-state index is 12.7. The first-order chi connectivity index (χ1) is 6.84. The van der Waals surface area contributed by atoms with Crippen molar-refractivity contribution in [2.75, 3.05) is 18.0 Å². The van der Waals surface area contributed by atoms with Crippen molar-refractivity contribution in [3.8, 4) is 0 Å². The van der Waals surface area contributed by atoms with Gasteiger partial charge in [-0.15, -0.1) is 0 Å². The standard InChI is InChI=1S/C9H9FN4/c10-7-5-13(6-7)9-8-1-2-12-14(8)4-3-11-9/h1-4,7H,5-6H2. The van der Waals surface area contributed by atoms with Crippen LogP contribution in [0.2, 0.25) is 0 Å². The molecule has 0 spiro atoms. The van der Waals surface area contributed by atoms with E-state index in [-0.39, 0.29) is 0 Å². The van der Waals surface area contributed by atoms with E-state index < -0.39 is 6.17 Å². The SMILES string of the molecule is FC1CN(c2nccn3nccc23)C1. The van der Waals surface area contributed by atoms with Crippen LogP contribution in [0.4, 0.5) is 10.2 Å². The molecular formula is C9H9FN4. The summed E-state index contributed by atoms with van der Waals surface area (Å²) in [7, 11) is 0. The highest BCUT2D eigenvalue weighted by molar-refractivity contribution is 5.69. The second-order valence-corrected chi connectivity index (χ2v) is 3.41. The van der Waals surface area contributed by atoms with Gasteiger partial charge in [-0.25, -0.2) is 13.9 Å². The maximum absolute atomic E-state index is 12.7. The largest absolute Gasteiger partial charge is 0.349 e. The quantitative estimate of drug-likeness (QED) is 0.672. The molecule has 5 heteroatoms. The van der Waals surface area contributed by atoms with E-state index in [4.69, 9.17) is 0 Å². The number of alkyl halides is 1. The number of rotatable bonds is 1. The third kappa shape index (κ3) is 0.982. The summed E-state index contributed by atoms with van der Waals surface area (Å²) in [6.07, 6.45) is 4.47. The second-order valence-electron chi connectivity index (χ2n) is 3.41. The van der Waals surface area contributed by atoms with Crippen LogP contribution < -0.4 is 4.90 Å². The van der Waals surface area contributed by atoms with Crippen LogP contribution in [-0.2, 0) is 0 Å². The van der Waals surface area contributed by atoms with Crippen molar-refractivity contribution in [1.82, 2.24) is 14.6 Å². The fraction of sp³-hybridized carbons (Fsp3) is 0.333. The highest BCUT2D eigenvalue weighted by Gasteiger charge is 2.28. The summed E-state index contributed by atoms with van der Waals surface area (Å²) in [5.41, 5.74) is 0.930. The molecule has 14 heavy (non-hydrogen) atoms. The minimum absolute atomic E-state index is 0.442. The summed E-state index contributed by atoms with van der Waals surface area (Å²) in [4.78, 5) is 6.15. The molecule has 0 saturated carbocycles. The van der Waals surface area contributed by atoms with Gasteiger partial charge in [-0.1, -0.05) is 0 Å². The molecule has 0 unspecified atom stereocenters. The molecule has 0 amide bonds. The van der Waals surface area contributed by atoms with Crippen LogP contribution in [0.25, 0.3) is 5.52 Å². The Labute approximate surface area is 80.0 Å². The van der Waals surface area contributed by atoms with E-state index in [0.717, 1.165) is 11.3 Å². The molecule has 1 aliphatic heterocycles. The number of hydrogen-bond donors (Lipinski definition) is 0. The molecular weight excluding hydrogens is 183 g/mol. The summed E-state index contributed by atoms with van der Waals surface area (Å²) >= 11 is 0. The highest BCUT2D eigenvalue weighted by atomic mass is 19.1. The van der Waals surface area contributed by atoms with Crippen LogP contribution in [0.15, 0.2) is 24.7 Å². The lowest BCUT2D eigenvalue weighted by molar-refractivity contribution is 0.274. The van der Waals surface area contributed by atoms with Gasteiger partial charge < -0.3 is 4.90 Å². The number of hydrogen-bond acceptors (Lipinski definition) is 3. The maximum Gasteiger partial charge on any atom is 0.154 e. The van der Waals surface area contributed by atoms with Crippen molar-refractivity contribution in [1.29, 1.82) is 0 Å². The van der Waals surface area contributed by atoms with Gasteiger partial charge in [0.1, 0.15) is 11.7 Å². The Kier molecular flexibility index (Phi) is 1.47. The zero-order chi connectivity index (χ0) is 9.54. The summed E-state index contributed by atoms with van der Waals surface area (Å²) < 4.78 is 14.4. The van der Waals surface area contributed by atoms with Gasteiger partial charge in [0.15, 0.2) is 5.82 Å². The van der Waals surface area contributed by atoms with Crippen molar-refractivity contribution in [3.05, 3.63) is 24.7 Å². The predicted molar refractivity (Wildman–Crippen MR) is 50.1 cm³/mol. The molecule has 3 heterocycles. The van der Waals surface area contributed by atoms with Crippen molar-refractivity contribution in [2.45, 2.75) is 6.17 Å². The van der Waals surface area contributed by atoms with Gasteiger partial charge in [-0.05, 0) is 6.07 Å². The second kappa shape index (κ2) is 2.67. The van der Waals surface area contributed by atoms with Crippen molar-refractivity contribution < 1.29 is 4.39 Å². The van der Waals surface area contributed by atoms with Gasteiger partial charge in [0.25, 0.3) is 0 Å². The zero-order valence-electron chi connectivity index (χ0n) is 7.47. The van der Waals surface area contributed by atoms with E-state index in [1.807, 2.05) is 11.0 Å². The molecule has 2 aromatic heterocycles. The Morgan fingerprint density at radius 2 is 2.21 bits per heavy atom. The average molecular weight is 192 g/mol. The topological polar surface area (TPSA) is 33.4 Å². The average Bonchev–Trinajstić information content (AvgIpc) is 2.60. The van der Waals surface area contributed by atoms with Gasteiger partial charge >= 0.3 is 0 Å². The lowest BCUT2D eigenvalue weighted by atomic mass is 10.2. The predicted octanol–water partition coefficient (Wildman–Crippen LogP) is 0.887. The van der Waals surface area contributed by atoms with Crippen LogP contribution in [0, 0.1) is 0 Å². The van der Waals surface area contributed by atoms with E-state index >= 15 is 0 Å². The normalized spacial score (nSPS) is 17.4. The molecule has 0 aliphatic carbocycles. The molecule has 0 atom stereocenters. The van der Waals surface area contributed by atoms with E-state index in [1.54, 1.807) is 23.1 Å². The molecule has 1 saturated heterocycles. The van der Waals surface area contributed by atoms with Crippen LogP contribution in [-0.4, -0.2) is 33.9 Å². The monoisotopic (exact) mass is 192 g/mol. The Bertz CT molecular complexity index is 461. The molecule has 0 N–H and O–H groups in total. The molecule has 1 fully saturated rings. The first kappa shape index (κ1) is 7.73. The molecule has 4 nitrogen and oxygen atoms in total. The summed E-state index contributed by atoms with van der Waals surface area (Å²) in [5, 5.41) is 4.10. The molecule has 2 aromatic rings. The molecule has 0 radical (unpaired) electrons. The van der Waals surface area contributed by atoms with Crippen LogP contribution in [0.5, 0.6) is 0 Å². The smallest absolute Gasteiger partial charge is 0.154 e. The van der Waals surface area contributed by atoms with Gasteiger partial charge in [0.2, 0.25) is 0 Å². The first-order valence-electron chi connectivity index (χ1n) is 4.52. The van der Waals surface area contributed by atoms with Crippen molar-refractivity contribution in [2.24, 2.45) is 0 Å². The third-order valence-electron chi connectivity index (χ3n) is 2.44. The minimum atomic E-state index is -0.708. The van der Waals surface area contributed by atoms with E-state index in [0.29, 0.717) is 13.1 Å². The number of halogens is 1. The third-order valence-corrected chi connectivity index (χ3v) is 2.44. The van der Waals surface area contributed by atoms with E-state index in [2.05, 4.69) is 10.1 Å². The summed E-state index contributed by atoms with van der Waals surface area (Å²) in [5.74, 6) is 0.818. The lowest BCUT2D eigenvalue weighted by Crippen LogP contribution is -2.49. The van der Waals surface area contributed by atoms with E-state index in [1.165, 1.54) is 0 Å². The molecule has 1 aliphatic rings. The minimum Gasteiger partial charge on any atom is -0.349 e. The van der Waals surface area contributed by atoms with E-state index in [9.17, 15) is 4.39 Å². The van der Waals surface area contributed by atoms with Gasteiger partial charge in [0, 0.05) is 12.4 Å². The van der Waals surface area contributed by atoms with Gasteiger partial charge in [-0.3, -0.25) is 0 Å². The fourth-order valence-corrected chi connectivity index (χ4v) is 1.68. The van der Waals surface area contributed by atoms with Crippen molar-refractivity contribution >= 4 is 11.3 Å². The summed E-state index contributed by atoms with van der Waals surface area (Å²) in [6, 6.07) is 1.88. The van der Waals surface area contributed by atoms with Crippen molar-refractivity contribution in [3.63, 3.8) is 0 Å². The fourth-order valence-electron chi connectivity index (χ4n) is 1.68. The zero-order valence-corrected chi connectivity index (χ0v) is 7.47. The van der Waals surface area contributed by atoms with Crippen LogP contribution >= 0.6 is 0 Å². The Hall–Kier alpha value is -1.65. The highest BCUT2D eigenvalue weighted by Crippen LogP contribution is 2.24. The Balaban J connectivity index is 2.07. The Morgan fingerprint density at radius 3 is 3.00 bits per heavy atom. The van der Waals surface area contributed by atoms with Crippen LogP contribution in [0.3, 0.4) is 0 Å². The Morgan fingerprint density at radius 1 is 1.36 bits per heavy atom. The number of anilines is 1. The molecule has 0 bridgehead atoms. The number of nitrogens with zero attached hydrogens (tertiary/aromatic N) is 4. The molecule has 0 aromatic carbocycles. The number of fused-ring (bicyclic) bond motifs is 1. The molecule has 72 valence electrons. The van der Waals surface area contributed by atoms with Gasteiger partial charge in [0.05, 0.1) is 19.3 Å².